The smallest absolute Gasteiger partial charge is 0.227 e. The Balaban J connectivity index is 0.00000112. The summed E-state index contributed by atoms with van der Waals surface area (Å²) in [5, 5.41) is 7.66. The number of hydrogen-bond acceptors (Lipinski definition) is 7. The van der Waals surface area contributed by atoms with Gasteiger partial charge in [-0.25, -0.2) is 4.98 Å². The van der Waals surface area contributed by atoms with Crippen LogP contribution in [0, 0.1) is 0 Å². The normalized spacial score (nSPS) is 22.7. The summed E-state index contributed by atoms with van der Waals surface area (Å²) in [5.41, 5.74) is 2.14. The zero-order valence-corrected chi connectivity index (χ0v) is 19.8. The second kappa shape index (κ2) is 10.1. The van der Waals surface area contributed by atoms with Crippen LogP contribution in [0.15, 0.2) is 29.2 Å². The molecule has 3 aliphatic rings. The quantitative estimate of drug-likeness (QED) is 0.723. The average molecular weight is 463 g/mol. The van der Waals surface area contributed by atoms with Gasteiger partial charge in [-0.1, -0.05) is 25.4 Å². The Labute approximate surface area is 192 Å². The molecule has 0 amide bonds. The molecule has 1 aromatic carbocycles. The van der Waals surface area contributed by atoms with Gasteiger partial charge in [0.25, 0.3) is 0 Å². The van der Waals surface area contributed by atoms with E-state index >= 15 is 0 Å². The molecule has 0 saturated carbocycles. The molecule has 7 nitrogen and oxygen atoms in total. The van der Waals surface area contributed by atoms with Gasteiger partial charge in [-0.3, -0.25) is 4.21 Å². The Morgan fingerprint density at radius 1 is 1.10 bits per heavy atom. The van der Waals surface area contributed by atoms with Gasteiger partial charge in [0.15, 0.2) is 0 Å². The predicted molar refractivity (Wildman–Crippen MR) is 129 cm³/mol. The van der Waals surface area contributed by atoms with Crippen LogP contribution in [0.1, 0.15) is 26.0 Å². The van der Waals surface area contributed by atoms with Gasteiger partial charge in [0.1, 0.15) is 10.7 Å². The van der Waals surface area contributed by atoms with Crippen molar-refractivity contribution in [3.63, 3.8) is 0 Å². The molecule has 0 spiro atoms. The molecule has 4 heterocycles. The molecule has 168 valence electrons. The first kappa shape index (κ1) is 22.3. The van der Waals surface area contributed by atoms with E-state index in [-0.39, 0.29) is 0 Å². The molecule has 9 heteroatoms. The van der Waals surface area contributed by atoms with Crippen molar-refractivity contribution < 1.29 is 4.21 Å². The fraction of sp³-hybridized carbons (Fsp3) is 0.545. The van der Waals surface area contributed by atoms with Gasteiger partial charge in [0.2, 0.25) is 5.95 Å². The zero-order chi connectivity index (χ0) is 21.8. The van der Waals surface area contributed by atoms with Gasteiger partial charge in [-0.15, -0.1) is 0 Å². The predicted octanol–water partition coefficient (Wildman–Crippen LogP) is 2.92. The Morgan fingerprint density at radius 3 is 2.48 bits per heavy atom. The van der Waals surface area contributed by atoms with E-state index in [1.807, 2.05) is 26.0 Å². The molecule has 1 unspecified atom stereocenters. The molecule has 5 rings (SSSR count). The molecule has 3 aliphatic heterocycles. The van der Waals surface area contributed by atoms with Crippen LogP contribution in [0.3, 0.4) is 0 Å². The standard InChI is InChI=1S/C20H25ClN6OS.C2H6/c21-14-1-3-16(4-2-14)26-8-10-27(11-9-26)20-24-17-6-12-29(28)18(17)19(25-20)23-15-5-7-22-13-15;1-2/h1-4,15,22H,5-13H2,(H,23,24,25);1-2H3/t15-,29?;/m1./s1. The van der Waals surface area contributed by atoms with Gasteiger partial charge in [-0.05, 0) is 37.2 Å². The van der Waals surface area contributed by atoms with Crippen LogP contribution in [-0.2, 0) is 17.2 Å². The van der Waals surface area contributed by atoms with Gasteiger partial charge in [0, 0.05) is 61.6 Å². The minimum Gasteiger partial charge on any atom is -0.368 e. The molecule has 1 aromatic heterocycles. The molecule has 0 bridgehead atoms. The minimum absolute atomic E-state index is 0.334. The molecule has 2 fully saturated rings. The van der Waals surface area contributed by atoms with Gasteiger partial charge in [0.05, 0.1) is 16.5 Å². The number of nitrogens with one attached hydrogen (secondary N) is 2. The summed E-state index contributed by atoms with van der Waals surface area (Å²) in [6.07, 6.45) is 1.82. The number of fused-ring (bicyclic) bond motifs is 1. The Kier molecular flexibility index (Phi) is 7.30. The third-order valence-corrected chi connectivity index (χ3v) is 7.54. The highest BCUT2D eigenvalue weighted by Crippen LogP contribution is 2.31. The third kappa shape index (κ3) is 4.96. The van der Waals surface area contributed by atoms with E-state index in [0.717, 1.165) is 79.5 Å². The molecule has 2 N–H and O–H groups in total. The maximum absolute atomic E-state index is 12.5. The highest BCUT2D eigenvalue weighted by atomic mass is 35.5. The van der Waals surface area contributed by atoms with Gasteiger partial charge < -0.3 is 20.4 Å². The lowest BCUT2D eigenvalue weighted by Crippen LogP contribution is -2.47. The van der Waals surface area contributed by atoms with E-state index in [4.69, 9.17) is 21.6 Å². The van der Waals surface area contributed by atoms with Crippen LogP contribution in [0.5, 0.6) is 0 Å². The van der Waals surface area contributed by atoms with Gasteiger partial charge in [-0.2, -0.15) is 4.98 Å². The zero-order valence-electron chi connectivity index (χ0n) is 18.2. The van der Waals surface area contributed by atoms with E-state index < -0.39 is 10.8 Å². The van der Waals surface area contributed by atoms with Crippen LogP contribution in [0.4, 0.5) is 17.5 Å². The number of anilines is 3. The molecule has 0 aliphatic carbocycles. The summed E-state index contributed by atoms with van der Waals surface area (Å²) in [4.78, 5) is 15.1. The number of aryl methyl sites for hydroxylation is 1. The molecule has 0 radical (unpaired) electrons. The Hall–Kier alpha value is -1.90. The van der Waals surface area contributed by atoms with E-state index in [1.165, 1.54) is 5.69 Å². The lowest BCUT2D eigenvalue weighted by atomic mass is 10.2. The molecular weight excluding hydrogens is 432 g/mol. The summed E-state index contributed by atoms with van der Waals surface area (Å²) in [6.45, 7) is 9.45. The fourth-order valence-electron chi connectivity index (χ4n) is 4.21. The first-order chi connectivity index (χ1) is 15.2. The number of rotatable bonds is 4. The Morgan fingerprint density at radius 2 is 1.81 bits per heavy atom. The fourth-order valence-corrected chi connectivity index (χ4v) is 5.65. The van der Waals surface area contributed by atoms with Crippen LogP contribution in [0.25, 0.3) is 0 Å². The van der Waals surface area contributed by atoms with E-state index in [9.17, 15) is 4.21 Å². The van der Waals surface area contributed by atoms with Crippen LogP contribution in [-0.4, -0.2) is 65.2 Å². The first-order valence-electron chi connectivity index (χ1n) is 11.2. The van der Waals surface area contributed by atoms with Crippen molar-refractivity contribution in [2.24, 2.45) is 0 Å². The molecular formula is C22H31ClN6OS. The number of halogens is 1. The molecule has 2 atom stereocenters. The summed E-state index contributed by atoms with van der Waals surface area (Å²) < 4.78 is 12.5. The maximum atomic E-state index is 12.5. The number of hydrogen-bond donors (Lipinski definition) is 2. The van der Waals surface area contributed by atoms with Crippen molar-refractivity contribution in [3.05, 3.63) is 35.0 Å². The molecule has 2 aromatic rings. The molecule has 2 saturated heterocycles. The lowest BCUT2D eigenvalue weighted by molar-refractivity contribution is 0.637. The Bertz CT molecular complexity index is 911. The average Bonchev–Trinajstić information content (AvgIpc) is 3.46. The minimum atomic E-state index is -1.00. The SMILES string of the molecule is CC.O=S1CCc2nc(N3CCN(c4ccc(Cl)cc4)CC3)nc(N[C@@H]3CCNC3)c21. The topological polar surface area (TPSA) is 73.4 Å². The highest BCUT2D eigenvalue weighted by Gasteiger charge is 2.29. The highest BCUT2D eigenvalue weighted by molar-refractivity contribution is 7.85. The summed E-state index contributed by atoms with van der Waals surface area (Å²) in [7, 11) is -1.00. The molecule has 31 heavy (non-hydrogen) atoms. The largest absolute Gasteiger partial charge is 0.368 e. The van der Waals surface area contributed by atoms with Crippen LogP contribution >= 0.6 is 11.6 Å². The lowest BCUT2D eigenvalue weighted by Gasteiger charge is -2.36. The van der Waals surface area contributed by atoms with Crippen molar-refractivity contribution in [2.75, 3.05) is 60.1 Å². The van der Waals surface area contributed by atoms with Crippen LogP contribution < -0.4 is 20.4 Å². The number of nitrogens with zero attached hydrogens (tertiary/aromatic N) is 4. The monoisotopic (exact) mass is 462 g/mol. The maximum Gasteiger partial charge on any atom is 0.227 e. The van der Waals surface area contributed by atoms with E-state index in [1.54, 1.807) is 0 Å². The van der Waals surface area contributed by atoms with Crippen molar-refractivity contribution in [3.8, 4) is 0 Å². The van der Waals surface area contributed by atoms with Crippen LogP contribution in [0.2, 0.25) is 5.02 Å². The van der Waals surface area contributed by atoms with Crippen molar-refractivity contribution in [2.45, 2.75) is 37.6 Å². The first-order valence-corrected chi connectivity index (χ1v) is 12.9. The third-order valence-electron chi connectivity index (χ3n) is 5.83. The van der Waals surface area contributed by atoms with Crippen molar-refractivity contribution in [1.82, 2.24) is 15.3 Å². The summed E-state index contributed by atoms with van der Waals surface area (Å²) in [6, 6.07) is 8.33. The number of aromatic nitrogens is 2. The second-order valence-corrected chi connectivity index (χ2v) is 9.68. The van der Waals surface area contributed by atoms with E-state index in [2.05, 4.69) is 32.6 Å². The van der Waals surface area contributed by atoms with Crippen molar-refractivity contribution in [1.29, 1.82) is 0 Å². The summed E-state index contributed by atoms with van der Waals surface area (Å²) >= 11 is 6.01. The number of benzene rings is 1. The summed E-state index contributed by atoms with van der Waals surface area (Å²) in [5.74, 6) is 2.18. The van der Waals surface area contributed by atoms with Crippen molar-refractivity contribution >= 4 is 39.9 Å². The second-order valence-electron chi connectivity index (χ2n) is 7.73. The van der Waals surface area contributed by atoms with E-state index in [0.29, 0.717) is 11.8 Å². The number of piperazine rings is 1. The van der Waals surface area contributed by atoms with Gasteiger partial charge >= 0.3 is 0 Å².